The van der Waals surface area contributed by atoms with Crippen LogP contribution in [0.15, 0.2) is 24.3 Å². The van der Waals surface area contributed by atoms with Crippen molar-refractivity contribution in [1.82, 2.24) is 0 Å². The lowest BCUT2D eigenvalue weighted by Gasteiger charge is -2.03. The summed E-state index contributed by atoms with van der Waals surface area (Å²) < 4.78 is 9.44. The van der Waals surface area contributed by atoms with E-state index in [0.29, 0.717) is 10.6 Å². The topological polar surface area (TPSA) is 35.5 Å². The molecule has 0 radical (unpaired) electrons. The van der Waals surface area contributed by atoms with Crippen LogP contribution in [0.2, 0.25) is 0 Å². The largest absolute Gasteiger partial charge is 0.486 e. The molecule has 1 aromatic carbocycles. The van der Waals surface area contributed by atoms with Gasteiger partial charge in [0.25, 0.3) is 0 Å². The van der Waals surface area contributed by atoms with E-state index in [-0.39, 0.29) is 5.97 Å². The van der Waals surface area contributed by atoms with Gasteiger partial charge in [-0.1, -0.05) is 0 Å². The molecule has 0 aliphatic rings. The molecule has 0 fully saturated rings. The number of methoxy groups -OCH3 is 2. The lowest BCUT2D eigenvalue weighted by atomic mass is 10.1. The van der Waals surface area contributed by atoms with Gasteiger partial charge in [0.15, 0.2) is 5.05 Å². The van der Waals surface area contributed by atoms with Gasteiger partial charge in [-0.15, -0.1) is 0 Å². The third-order valence-electron chi connectivity index (χ3n) is 1.73. The maximum absolute atomic E-state index is 11.1. The van der Waals surface area contributed by atoms with Gasteiger partial charge >= 0.3 is 5.97 Å². The summed E-state index contributed by atoms with van der Waals surface area (Å²) in [6.45, 7) is 0. The third-order valence-corrected chi connectivity index (χ3v) is 2.13. The highest BCUT2D eigenvalue weighted by molar-refractivity contribution is 7.80. The predicted molar refractivity (Wildman–Crippen MR) is 56.5 cm³/mol. The van der Waals surface area contributed by atoms with E-state index < -0.39 is 0 Å². The Hall–Kier alpha value is -1.42. The molecule has 0 saturated carbocycles. The summed E-state index contributed by atoms with van der Waals surface area (Å²) in [6, 6.07) is 6.73. The summed E-state index contributed by atoms with van der Waals surface area (Å²) >= 11 is 4.92. The van der Waals surface area contributed by atoms with Crippen LogP contribution >= 0.6 is 12.2 Å². The number of thiocarbonyl (C=S) groups is 1. The SMILES string of the molecule is COC(=O)c1ccc(C(=S)OC)cc1. The van der Waals surface area contributed by atoms with E-state index in [9.17, 15) is 4.79 Å². The molecule has 0 bridgehead atoms. The Morgan fingerprint density at radius 3 is 2.00 bits per heavy atom. The molecule has 0 heterocycles. The van der Waals surface area contributed by atoms with Crippen LogP contribution in [-0.4, -0.2) is 25.2 Å². The van der Waals surface area contributed by atoms with E-state index in [4.69, 9.17) is 17.0 Å². The molecule has 0 N–H and O–H groups in total. The Balaban J connectivity index is 2.89. The zero-order valence-corrected chi connectivity index (χ0v) is 8.76. The minimum Gasteiger partial charge on any atom is -0.486 e. The van der Waals surface area contributed by atoms with Gasteiger partial charge < -0.3 is 9.47 Å². The number of ether oxygens (including phenoxy) is 2. The Morgan fingerprint density at radius 1 is 1.07 bits per heavy atom. The van der Waals surface area contributed by atoms with E-state index in [2.05, 4.69) is 4.74 Å². The van der Waals surface area contributed by atoms with Crippen LogP contribution in [0.4, 0.5) is 0 Å². The summed E-state index contributed by atoms with van der Waals surface area (Å²) in [5, 5.41) is 0.404. The number of rotatable bonds is 2. The van der Waals surface area contributed by atoms with Crippen molar-refractivity contribution >= 4 is 23.2 Å². The summed E-state index contributed by atoms with van der Waals surface area (Å²) in [5.74, 6) is -0.361. The quantitative estimate of drug-likeness (QED) is 0.550. The Morgan fingerprint density at radius 2 is 1.57 bits per heavy atom. The molecule has 0 aromatic heterocycles. The summed E-state index contributed by atoms with van der Waals surface area (Å²) in [6.07, 6.45) is 0. The van der Waals surface area contributed by atoms with Gasteiger partial charge in [-0.25, -0.2) is 4.79 Å². The summed E-state index contributed by atoms with van der Waals surface area (Å²) in [5.41, 5.74) is 1.27. The van der Waals surface area contributed by atoms with Crippen LogP contribution < -0.4 is 0 Å². The first kappa shape index (κ1) is 10.7. The number of benzene rings is 1. The van der Waals surface area contributed by atoms with E-state index in [1.54, 1.807) is 24.3 Å². The van der Waals surface area contributed by atoms with Crippen molar-refractivity contribution in [3.63, 3.8) is 0 Å². The smallest absolute Gasteiger partial charge is 0.337 e. The van der Waals surface area contributed by atoms with Crippen molar-refractivity contribution in [2.75, 3.05) is 14.2 Å². The average molecular weight is 210 g/mol. The van der Waals surface area contributed by atoms with Crippen LogP contribution in [0.1, 0.15) is 15.9 Å². The molecule has 0 aliphatic carbocycles. The second-order valence-electron chi connectivity index (χ2n) is 2.56. The van der Waals surface area contributed by atoms with Crippen LogP contribution in [0.5, 0.6) is 0 Å². The van der Waals surface area contributed by atoms with E-state index in [0.717, 1.165) is 5.56 Å². The van der Waals surface area contributed by atoms with Crippen LogP contribution in [0.25, 0.3) is 0 Å². The fraction of sp³-hybridized carbons (Fsp3) is 0.200. The van der Waals surface area contributed by atoms with Gasteiger partial charge in [0.1, 0.15) is 0 Å². The first-order valence-corrected chi connectivity index (χ1v) is 4.36. The van der Waals surface area contributed by atoms with Crippen molar-refractivity contribution in [3.8, 4) is 0 Å². The first-order valence-electron chi connectivity index (χ1n) is 3.95. The van der Waals surface area contributed by atoms with Gasteiger partial charge in [-0.05, 0) is 36.5 Å². The zero-order valence-electron chi connectivity index (χ0n) is 7.94. The molecular weight excluding hydrogens is 200 g/mol. The van der Waals surface area contributed by atoms with E-state index in [1.165, 1.54) is 14.2 Å². The lowest BCUT2D eigenvalue weighted by molar-refractivity contribution is 0.0600. The predicted octanol–water partition coefficient (Wildman–Crippen LogP) is 1.80. The Bertz CT molecular complexity index is 308. The molecule has 1 rings (SSSR count). The molecule has 14 heavy (non-hydrogen) atoms. The Labute approximate surface area is 87.6 Å². The molecule has 0 spiro atoms. The van der Waals surface area contributed by atoms with Gasteiger partial charge in [0.2, 0.25) is 0 Å². The molecule has 0 unspecified atom stereocenters. The highest BCUT2D eigenvalue weighted by atomic mass is 32.1. The minimum atomic E-state index is -0.361. The second-order valence-corrected chi connectivity index (χ2v) is 2.93. The molecule has 4 heteroatoms. The number of hydrogen-bond acceptors (Lipinski definition) is 4. The standard InChI is InChI=1S/C10H10O3S/c1-12-9(11)7-3-5-8(6-4-7)10(14)13-2/h3-6H,1-2H3. The molecular formula is C10H10O3S. The zero-order chi connectivity index (χ0) is 10.6. The highest BCUT2D eigenvalue weighted by Gasteiger charge is 2.05. The van der Waals surface area contributed by atoms with Gasteiger partial charge in [0, 0.05) is 5.56 Å². The van der Waals surface area contributed by atoms with Crippen LogP contribution in [0, 0.1) is 0 Å². The maximum Gasteiger partial charge on any atom is 0.337 e. The van der Waals surface area contributed by atoms with Crippen molar-refractivity contribution in [2.24, 2.45) is 0 Å². The number of esters is 1. The molecule has 0 aliphatic heterocycles. The van der Waals surface area contributed by atoms with Crippen molar-refractivity contribution in [3.05, 3.63) is 35.4 Å². The van der Waals surface area contributed by atoms with Crippen molar-refractivity contribution in [2.45, 2.75) is 0 Å². The van der Waals surface area contributed by atoms with Crippen LogP contribution in [0.3, 0.4) is 0 Å². The lowest BCUT2D eigenvalue weighted by Crippen LogP contribution is -2.03. The normalized spacial score (nSPS) is 9.29. The fourth-order valence-corrected chi connectivity index (χ4v) is 1.11. The fourth-order valence-electron chi connectivity index (χ4n) is 0.978. The van der Waals surface area contributed by atoms with Gasteiger partial charge in [-0.3, -0.25) is 0 Å². The minimum absolute atomic E-state index is 0.361. The summed E-state index contributed by atoms with van der Waals surface area (Å²) in [7, 11) is 2.85. The molecule has 1 aromatic rings. The monoisotopic (exact) mass is 210 g/mol. The second kappa shape index (κ2) is 4.72. The maximum atomic E-state index is 11.1. The summed E-state index contributed by atoms with van der Waals surface area (Å²) in [4.78, 5) is 11.1. The number of carbonyl (C=O) groups excluding carboxylic acids is 1. The molecule has 3 nitrogen and oxygen atoms in total. The van der Waals surface area contributed by atoms with Crippen molar-refractivity contribution < 1.29 is 14.3 Å². The van der Waals surface area contributed by atoms with E-state index >= 15 is 0 Å². The molecule has 0 atom stereocenters. The average Bonchev–Trinajstić information content (AvgIpc) is 2.27. The first-order chi connectivity index (χ1) is 6.69. The molecule has 0 amide bonds. The third kappa shape index (κ3) is 2.29. The molecule has 74 valence electrons. The molecule has 0 saturated heterocycles. The van der Waals surface area contributed by atoms with Gasteiger partial charge in [0.05, 0.1) is 19.8 Å². The number of carbonyl (C=O) groups is 1. The van der Waals surface area contributed by atoms with Crippen LogP contribution in [-0.2, 0) is 9.47 Å². The number of hydrogen-bond donors (Lipinski definition) is 0. The van der Waals surface area contributed by atoms with E-state index in [1.807, 2.05) is 0 Å². The Kier molecular flexibility index (Phi) is 3.59. The van der Waals surface area contributed by atoms with Crippen molar-refractivity contribution in [1.29, 1.82) is 0 Å². The van der Waals surface area contributed by atoms with Gasteiger partial charge in [-0.2, -0.15) is 0 Å². The highest BCUT2D eigenvalue weighted by Crippen LogP contribution is 2.07.